The smallest absolute Gasteiger partial charge is 0.123 e. The Morgan fingerprint density at radius 3 is 2.42 bits per heavy atom. The lowest BCUT2D eigenvalue weighted by atomic mass is 10.1. The van der Waals surface area contributed by atoms with Crippen molar-refractivity contribution in [1.29, 1.82) is 0 Å². The molecule has 0 saturated carbocycles. The van der Waals surface area contributed by atoms with Gasteiger partial charge in [-0.25, -0.2) is 4.39 Å². The molecule has 2 aromatic carbocycles. The van der Waals surface area contributed by atoms with Crippen molar-refractivity contribution in [3.05, 3.63) is 77.7 Å². The van der Waals surface area contributed by atoms with E-state index in [1.54, 1.807) is 12.1 Å². The van der Waals surface area contributed by atoms with Crippen molar-refractivity contribution >= 4 is 0 Å². The molecule has 3 aromatic rings. The van der Waals surface area contributed by atoms with E-state index in [9.17, 15) is 4.39 Å². The van der Waals surface area contributed by atoms with Gasteiger partial charge in [-0.1, -0.05) is 43.7 Å². The molecule has 0 aliphatic rings. The molecule has 0 radical (unpaired) electrons. The van der Waals surface area contributed by atoms with Gasteiger partial charge in [0.1, 0.15) is 5.82 Å². The van der Waals surface area contributed by atoms with Crippen molar-refractivity contribution in [3.63, 3.8) is 0 Å². The molecule has 0 aliphatic heterocycles. The van der Waals surface area contributed by atoms with Crippen LogP contribution in [0.3, 0.4) is 0 Å². The van der Waals surface area contributed by atoms with Crippen LogP contribution in [0.15, 0.2) is 60.7 Å². The first-order chi connectivity index (χ1) is 11.8. The number of aryl methyl sites for hydroxylation is 3. The van der Waals surface area contributed by atoms with E-state index < -0.39 is 0 Å². The third-order valence-corrected chi connectivity index (χ3v) is 4.24. The molecular formula is C21H23FN2. The first kappa shape index (κ1) is 16.4. The minimum atomic E-state index is -0.214. The summed E-state index contributed by atoms with van der Waals surface area (Å²) in [6, 6.07) is 19.2. The Bertz CT molecular complexity index is 760. The molecular weight excluding hydrogens is 299 g/mol. The van der Waals surface area contributed by atoms with Crippen LogP contribution in [0.25, 0.3) is 11.3 Å². The van der Waals surface area contributed by atoms with Crippen LogP contribution < -0.4 is 0 Å². The Hall–Kier alpha value is -2.42. The Kier molecular flexibility index (Phi) is 5.42. The summed E-state index contributed by atoms with van der Waals surface area (Å²) in [6.45, 7) is 3.12. The molecule has 1 heterocycles. The second-order valence-electron chi connectivity index (χ2n) is 6.09. The van der Waals surface area contributed by atoms with Crippen LogP contribution in [0.2, 0.25) is 0 Å². The lowest BCUT2D eigenvalue weighted by Crippen LogP contribution is -2.06. The first-order valence-electron chi connectivity index (χ1n) is 8.63. The number of nitrogens with zero attached hydrogens (tertiary/aromatic N) is 2. The molecule has 0 saturated heterocycles. The van der Waals surface area contributed by atoms with Crippen LogP contribution in [0.5, 0.6) is 0 Å². The van der Waals surface area contributed by atoms with Crippen LogP contribution >= 0.6 is 0 Å². The molecule has 0 atom stereocenters. The molecule has 1 aromatic heterocycles. The Morgan fingerprint density at radius 2 is 1.71 bits per heavy atom. The van der Waals surface area contributed by atoms with Crippen LogP contribution in [0, 0.1) is 5.82 Å². The molecule has 3 heteroatoms. The summed E-state index contributed by atoms with van der Waals surface area (Å²) in [4.78, 5) is 0. The first-order valence-corrected chi connectivity index (χ1v) is 8.63. The van der Waals surface area contributed by atoms with Gasteiger partial charge in [0.15, 0.2) is 0 Å². The fourth-order valence-corrected chi connectivity index (χ4v) is 2.84. The van der Waals surface area contributed by atoms with Gasteiger partial charge in [-0.15, -0.1) is 0 Å². The zero-order chi connectivity index (χ0) is 16.8. The van der Waals surface area contributed by atoms with Gasteiger partial charge in [-0.3, -0.25) is 4.68 Å². The highest BCUT2D eigenvalue weighted by Crippen LogP contribution is 2.21. The van der Waals surface area contributed by atoms with Gasteiger partial charge in [0.05, 0.1) is 5.69 Å². The minimum absolute atomic E-state index is 0.214. The van der Waals surface area contributed by atoms with Gasteiger partial charge < -0.3 is 0 Å². The zero-order valence-electron chi connectivity index (χ0n) is 14.1. The van der Waals surface area contributed by atoms with Crippen LogP contribution in [-0.4, -0.2) is 9.78 Å². The number of rotatable bonds is 7. The highest BCUT2D eigenvalue weighted by molar-refractivity contribution is 5.59. The minimum Gasteiger partial charge on any atom is -0.269 e. The average molecular weight is 322 g/mol. The number of halogens is 1. The number of benzene rings is 2. The molecule has 3 rings (SSSR count). The predicted molar refractivity (Wildman–Crippen MR) is 96.4 cm³/mol. The van der Waals surface area contributed by atoms with Gasteiger partial charge in [-0.05, 0) is 55.2 Å². The van der Waals surface area contributed by atoms with E-state index in [1.807, 2.05) is 6.07 Å². The van der Waals surface area contributed by atoms with Gasteiger partial charge in [0, 0.05) is 17.8 Å². The molecule has 0 aliphatic carbocycles. The summed E-state index contributed by atoms with van der Waals surface area (Å²) in [5.41, 5.74) is 4.47. The number of unbranched alkanes of at least 4 members (excludes halogenated alkanes) is 1. The second-order valence-corrected chi connectivity index (χ2v) is 6.09. The predicted octanol–water partition coefficient (Wildman–Crippen LogP) is 5.27. The van der Waals surface area contributed by atoms with Gasteiger partial charge in [0.25, 0.3) is 0 Å². The third-order valence-electron chi connectivity index (χ3n) is 4.24. The fraction of sp³-hybridized carbons (Fsp3) is 0.286. The maximum atomic E-state index is 13.1. The van der Waals surface area contributed by atoms with E-state index in [1.165, 1.54) is 23.4 Å². The van der Waals surface area contributed by atoms with Crippen LogP contribution in [-0.2, 0) is 19.4 Å². The van der Waals surface area contributed by atoms with Crippen molar-refractivity contribution in [2.45, 2.75) is 39.2 Å². The normalized spacial score (nSPS) is 10.9. The number of aromatic nitrogens is 2. The zero-order valence-corrected chi connectivity index (χ0v) is 14.1. The third kappa shape index (κ3) is 4.10. The topological polar surface area (TPSA) is 17.8 Å². The summed E-state index contributed by atoms with van der Waals surface area (Å²) in [6.07, 6.45) is 4.22. The highest BCUT2D eigenvalue weighted by Gasteiger charge is 2.10. The summed E-state index contributed by atoms with van der Waals surface area (Å²) < 4.78 is 15.3. The van der Waals surface area contributed by atoms with E-state index in [2.05, 4.69) is 41.9 Å². The van der Waals surface area contributed by atoms with Crippen molar-refractivity contribution < 1.29 is 4.39 Å². The van der Waals surface area contributed by atoms with E-state index in [0.717, 1.165) is 43.5 Å². The van der Waals surface area contributed by atoms with E-state index in [4.69, 9.17) is 5.10 Å². The molecule has 0 fully saturated rings. The summed E-state index contributed by atoms with van der Waals surface area (Å²) in [5.74, 6) is -0.214. The van der Waals surface area contributed by atoms with Gasteiger partial charge >= 0.3 is 0 Å². The molecule has 124 valence electrons. The summed E-state index contributed by atoms with van der Waals surface area (Å²) >= 11 is 0. The lowest BCUT2D eigenvalue weighted by molar-refractivity contribution is 0.548. The van der Waals surface area contributed by atoms with Crippen molar-refractivity contribution in [1.82, 2.24) is 9.78 Å². The standard InChI is InChI=1S/C21H23FN2/c1-2-3-15-24-20(14-9-17-7-5-4-6-8-17)16-21(23-24)18-10-12-19(22)13-11-18/h4-8,10-13,16H,2-3,9,14-15H2,1H3. The summed E-state index contributed by atoms with van der Waals surface area (Å²) in [5, 5.41) is 4.75. The van der Waals surface area contributed by atoms with Gasteiger partial charge in [-0.2, -0.15) is 5.10 Å². The monoisotopic (exact) mass is 322 g/mol. The van der Waals surface area contributed by atoms with Crippen LogP contribution in [0.4, 0.5) is 4.39 Å². The molecule has 0 unspecified atom stereocenters. The maximum absolute atomic E-state index is 13.1. The maximum Gasteiger partial charge on any atom is 0.123 e. The Morgan fingerprint density at radius 1 is 0.958 bits per heavy atom. The van der Waals surface area contributed by atoms with Crippen molar-refractivity contribution in [2.24, 2.45) is 0 Å². The quantitative estimate of drug-likeness (QED) is 0.579. The fourth-order valence-electron chi connectivity index (χ4n) is 2.84. The number of hydrogen-bond acceptors (Lipinski definition) is 1. The Labute approximate surface area is 143 Å². The molecule has 0 N–H and O–H groups in total. The molecule has 0 spiro atoms. The summed E-state index contributed by atoms with van der Waals surface area (Å²) in [7, 11) is 0. The SMILES string of the molecule is CCCCn1nc(-c2ccc(F)cc2)cc1CCc1ccccc1. The average Bonchev–Trinajstić information content (AvgIpc) is 3.03. The highest BCUT2D eigenvalue weighted by atomic mass is 19.1. The van der Waals surface area contributed by atoms with Crippen molar-refractivity contribution in [3.8, 4) is 11.3 Å². The molecule has 2 nitrogen and oxygen atoms in total. The largest absolute Gasteiger partial charge is 0.269 e. The molecule has 0 bridgehead atoms. The van der Waals surface area contributed by atoms with Crippen LogP contribution in [0.1, 0.15) is 31.0 Å². The van der Waals surface area contributed by atoms with E-state index >= 15 is 0 Å². The molecule has 24 heavy (non-hydrogen) atoms. The van der Waals surface area contributed by atoms with Crippen molar-refractivity contribution in [2.75, 3.05) is 0 Å². The van der Waals surface area contributed by atoms with E-state index in [-0.39, 0.29) is 5.82 Å². The number of hydrogen-bond donors (Lipinski definition) is 0. The lowest BCUT2D eigenvalue weighted by Gasteiger charge is -2.06. The second kappa shape index (κ2) is 7.91. The van der Waals surface area contributed by atoms with E-state index in [0.29, 0.717) is 0 Å². The van der Waals surface area contributed by atoms with Gasteiger partial charge in [0.2, 0.25) is 0 Å². The Balaban J connectivity index is 1.81. The molecule has 0 amide bonds.